The normalized spacial score (nSPS) is 18.1. The van der Waals surface area contributed by atoms with Crippen LogP contribution in [0, 0.1) is 13.8 Å². The molecule has 1 fully saturated rings. The molecule has 1 N–H and O–H groups in total. The first-order valence-corrected chi connectivity index (χ1v) is 11.3. The maximum atomic E-state index is 13.3. The summed E-state index contributed by atoms with van der Waals surface area (Å²) >= 11 is 0. The Labute approximate surface area is 199 Å². The number of aromatic nitrogens is 3. The van der Waals surface area contributed by atoms with Gasteiger partial charge in [-0.05, 0) is 42.0 Å². The van der Waals surface area contributed by atoms with Crippen molar-refractivity contribution in [2.75, 3.05) is 0 Å². The van der Waals surface area contributed by atoms with E-state index < -0.39 is 17.7 Å². The number of pyridine rings is 1. The molecule has 0 bridgehead atoms. The minimum atomic E-state index is -0.728. The lowest BCUT2D eigenvalue weighted by Gasteiger charge is -2.26. The molecule has 0 radical (unpaired) electrons. The molecule has 7 nitrogen and oxygen atoms in total. The molecule has 3 heterocycles. The number of carbonyl (C=O) groups excluding carboxylic acids is 2. The molecule has 34 heavy (non-hydrogen) atoms. The van der Waals surface area contributed by atoms with E-state index in [1.165, 1.54) is 4.90 Å². The number of benzene rings is 1. The number of hydrogen-bond acceptors (Lipinski definition) is 5. The first-order chi connectivity index (χ1) is 16.0. The van der Waals surface area contributed by atoms with Gasteiger partial charge >= 0.3 is 0 Å². The summed E-state index contributed by atoms with van der Waals surface area (Å²) in [4.78, 5) is 32.2. The van der Waals surface area contributed by atoms with Crippen LogP contribution in [0.2, 0.25) is 0 Å². The van der Waals surface area contributed by atoms with E-state index in [1.807, 2.05) is 37.3 Å². The molecule has 0 aliphatic carbocycles. The van der Waals surface area contributed by atoms with E-state index in [2.05, 4.69) is 30.9 Å². The average Bonchev–Trinajstić information content (AvgIpc) is 3.19. The Bertz CT molecular complexity index is 1280. The van der Waals surface area contributed by atoms with Gasteiger partial charge in [0, 0.05) is 31.7 Å². The van der Waals surface area contributed by atoms with Crippen molar-refractivity contribution in [2.45, 2.75) is 52.6 Å². The molecular weight excluding hydrogens is 428 g/mol. The van der Waals surface area contributed by atoms with Gasteiger partial charge < -0.3 is 10.0 Å². The van der Waals surface area contributed by atoms with Gasteiger partial charge in [-0.1, -0.05) is 51.1 Å². The molecule has 2 aromatic heterocycles. The van der Waals surface area contributed by atoms with Gasteiger partial charge in [0.1, 0.15) is 5.76 Å². The summed E-state index contributed by atoms with van der Waals surface area (Å²) < 4.78 is 1.66. The maximum absolute atomic E-state index is 13.3. The zero-order chi connectivity index (χ0) is 24.8. The van der Waals surface area contributed by atoms with Gasteiger partial charge in [-0.25, -0.2) is 0 Å². The minimum Gasteiger partial charge on any atom is -0.507 e. The third-order valence-corrected chi connectivity index (χ3v) is 6.45. The number of Topliss-reactive ketones (excluding diaryl/α,β-unsaturated/α-hetero) is 1. The van der Waals surface area contributed by atoms with E-state index >= 15 is 0 Å². The first-order valence-electron chi connectivity index (χ1n) is 11.3. The number of amides is 1. The van der Waals surface area contributed by atoms with Crippen LogP contribution in [-0.2, 0) is 28.6 Å². The number of ketones is 1. The highest BCUT2D eigenvalue weighted by Crippen LogP contribution is 2.41. The van der Waals surface area contributed by atoms with Crippen molar-refractivity contribution in [3.8, 4) is 0 Å². The van der Waals surface area contributed by atoms with Crippen LogP contribution in [0.4, 0.5) is 0 Å². The predicted octanol–water partition coefficient (Wildman–Crippen LogP) is 4.35. The van der Waals surface area contributed by atoms with E-state index in [1.54, 1.807) is 37.1 Å². The Morgan fingerprint density at radius 1 is 1.09 bits per heavy atom. The van der Waals surface area contributed by atoms with Gasteiger partial charge in [0.05, 0.1) is 22.9 Å². The molecule has 0 saturated carbocycles. The first kappa shape index (κ1) is 23.4. The molecule has 1 saturated heterocycles. The van der Waals surface area contributed by atoms with E-state index in [0.717, 1.165) is 22.4 Å². The summed E-state index contributed by atoms with van der Waals surface area (Å²) in [5, 5.41) is 15.8. The van der Waals surface area contributed by atoms with Crippen LogP contribution in [0.1, 0.15) is 60.5 Å². The Hall–Kier alpha value is -3.74. The number of aryl methyl sites for hydroxylation is 2. The molecule has 1 unspecified atom stereocenters. The van der Waals surface area contributed by atoms with Gasteiger partial charge in [-0.2, -0.15) is 5.10 Å². The van der Waals surface area contributed by atoms with Crippen LogP contribution in [0.5, 0.6) is 0 Å². The minimum absolute atomic E-state index is 0.0417. The highest BCUT2D eigenvalue weighted by Gasteiger charge is 2.46. The van der Waals surface area contributed by atoms with Gasteiger partial charge in [-0.3, -0.25) is 19.3 Å². The smallest absolute Gasteiger partial charge is 0.295 e. The standard InChI is InChI=1S/C27H30N4O3/c1-16-21(17(2)30(6)29-16)24(32)22-23(19-9-11-20(12-10-19)27(3,4)5)31(26(34)25(22)33)15-18-8-7-13-28-14-18/h7-14,23,32H,15H2,1-6H3/b24-22+. The van der Waals surface area contributed by atoms with Gasteiger partial charge in [0.2, 0.25) is 0 Å². The fourth-order valence-corrected chi connectivity index (χ4v) is 4.49. The van der Waals surface area contributed by atoms with Crippen molar-refractivity contribution in [1.29, 1.82) is 0 Å². The maximum Gasteiger partial charge on any atom is 0.295 e. The van der Waals surface area contributed by atoms with Crippen LogP contribution in [0.25, 0.3) is 5.76 Å². The monoisotopic (exact) mass is 458 g/mol. The number of aliphatic hydroxyl groups excluding tert-OH is 1. The van der Waals surface area contributed by atoms with Crippen LogP contribution in [0.15, 0.2) is 54.4 Å². The topological polar surface area (TPSA) is 88.3 Å². The van der Waals surface area contributed by atoms with E-state index in [-0.39, 0.29) is 23.3 Å². The molecule has 0 spiro atoms. The summed E-state index contributed by atoms with van der Waals surface area (Å²) in [7, 11) is 1.78. The molecular formula is C27H30N4O3. The molecule has 1 aliphatic heterocycles. The lowest BCUT2D eigenvalue weighted by molar-refractivity contribution is -0.140. The van der Waals surface area contributed by atoms with Crippen LogP contribution in [-0.4, -0.2) is 36.5 Å². The molecule has 1 aromatic carbocycles. The average molecular weight is 459 g/mol. The quantitative estimate of drug-likeness (QED) is 0.357. The van der Waals surface area contributed by atoms with E-state index in [9.17, 15) is 14.7 Å². The number of carbonyl (C=O) groups is 2. The molecule has 1 aliphatic rings. The van der Waals surface area contributed by atoms with Crippen LogP contribution >= 0.6 is 0 Å². The van der Waals surface area contributed by atoms with Crippen molar-refractivity contribution in [3.63, 3.8) is 0 Å². The van der Waals surface area contributed by atoms with Crippen molar-refractivity contribution in [3.05, 3.63) is 88.0 Å². The number of aliphatic hydroxyl groups is 1. The van der Waals surface area contributed by atoms with Gasteiger partial charge in [0.25, 0.3) is 11.7 Å². The molecule has 4 rings (SSSR count). The Morgan fingerprint density at radius 2 is 1.76 bits per heavy atom. The zero-order valence-electron chi connectivity index (χ0n) is 20.5. The molecule has 1 atom stereocenters. The fraction of sp³-hybridized carbons (Fsp3) is 0.333. The summed E-state index contributed by atoms with van der Waals surface area (Å²) in [5.41, 5.74) is 4.54. The largest absolute Gasteiger partial charge is 0.507 e. The molecule has 3 aromatic rings. The Balaban J connectivity index is 1.90. The van der Waals surface area contributed by atoms with Crippen molar-refractivity contribution in [2.24, 2.45) is 7.05 Å². The van der Waals surface area contributed by atoms with Crippen LogP contribution in [0.3, 0.4) is 0 Å². The van der Waals surface area contributed by atoms with Crippen molar-refractivity contribution < 1.29 is 14.7 Å². The SMILES string of the molecule is Cc1nn(C)c(C)c1/C(O)=C1\C(=O)C(=O)N(Cc2cccnc2)C1c1ccc(C(C)(C)C)cc1. The zero-order valence-corrected chi connectivity index (χ0v) is 20.5. The summed E-state index contributed by atoms with van der Waals surface area (Å²) in [5.74, 6) is -1.54. The second kappa shape index (κ2) is 8.56. The lowest BCUT2D eigenvalue weighted by atomic mass is 9.85. The predicted molar refractivity (Wildman–Crippen MR) is 130 cm³/mol. The third kappa shape index (κ3) is 4.02. The number of likely N-dealkylation sites (tertiary alicyclic amines) is 1. The van der Waals surface area contributed by atoms with Gasteiger partial charge in [-0.15, -0.1) is 0 Å². The van der Waals surface area contributed by atoms with Crippen LogP contribution < -0.4 is 0 Å². The van der Waals surface area contributed by atoms with Crippen molar-refractivity contribution in [1.82, 2.24) is 19.7 Å². The Morgan fingerprint density at radius 3 is 2.29 bits per heavy atom. The third-order valence-electron chi connectivity index (χ3n) is 6.45. The number of hydrogen-bond donors (Lipinski definition) is 1. The van der Waals surface area contributed by atoms with E-state index in [4.69, 9.17) is 0 Å². The van der Waals surface area contributed by atoms with Crippen molar-refractivity contribution >= 4 is 17.4 Å². The summed E-state index contributed by atoms with van der Waals surface area (Å²) in [6.45, 7) is 10.2. The summed E-state index contributed by atoms with van der Waals surface area (Å²) in [6.07, 6.45) is 3.34. The Kier molecular flexibility index (Phi) is 5.89. The fourth-order valence-electron chi connectivity index (χ4n) is 4.49. The highest BCUT2D eigenvalue weighted by molar-refractivity contribution is 6.46. The number of rotatable bonds is 4. The second-order valence-corrected chi connectivity index (χ2v) is 9.83. The molecule has 1 amide bonds. The lowest BCUT2D eigenvalue weighted by Crippen LogP contribution is -2.29. The molecule has 7 heteroatoms. The van der Waals surface area contributed by atoms with Gasteiger partial charge in [0.15, 0.2) is 0 Å². The number of nitrogens with zero attached hydrogens (tertiary/aromatic N) is 4. The van der Waals surface area contributed by atoms with E-state index in [0.29, 0.717) is 11.3 Å². The highest BCUT2D eigenvalue weighted by atomic mass is 16.3. The second-order valence-electron chi connectivity index (χ2n) is 9.83. The summed E-state index contributed by atoms with van der Waals surface area (Å²) in [6, 6.07) is 10.8. The molecule has 176 valence electrons.